The fourth-order valence-corrected chi connectivity index (χ4v) is 1.88. The molecule has 0 saturated carbocycles. The van der Waals surface area contributed by atoms with Gasteiger partial charge < -0.3 is 20.1 Å². The highest BCUT2D eigenvalue weighted by molar-refractivity contribution is 5.67. The predicted octanol–water partition coefficient (Wildman–Crippen LogP) is 1.28. The Morgan fingerprint density at radius 2 is 1.94 bits per heavy atom. The topological polar surface area (TPSA) is 59.6 Å². The lowest BCUT2D eigenvalue weighted by Crippen LogP contribution is -2.51. The summed E-state index contributed by atoms with van der Waals surface area (Å²) in [5.41, 5.74) is -0.708. The van der Waals surface area contributed by atoms with Crippen molar-refractivity contribution >= 4 is 6.09 Å². The molecule has 1 aliphatic rings. The van der Waals surface area contributed by atoms with Gasteiger partial charge in [0.15, 0.2) is 0 Å². The second-order valence-corrected chi connectivity index (χ2v) is 5.49. The first kappa shape index (κ1) is 14.3. The molecule has 0 spiro atoms. The van der Waals surface area contributed by atoms with Crippen LogP contribution in [0.2, 0.25) is 0 Å². The van der Waals surface area contributed by atoms with Crippen molar-refractivity contribution in [1.29, 1.82) is 0 Å². The molecule has 0 unspecified atom stereocenters. The van der Waals surface area contributed by atoms with E-state index in [2.05, 4.69) is 10.6 Å². The van der Waals surface area contributed by atoms with Gasteiger partial charge >= 0.3 is 6.09 Å². The lowest BCUT2D eigenvalue weighted by Gasteiger charge is -2.36. The van der Waals surface area contributed by atoms with Gasteiger partial charge in [0.05, 0.1) is 5.60 Å². The molecule has 0 bridgehead atoms. The number of methoxy groups -OCH3 is 1. The summed E-state index contributed by atoms with van der Waals surface area (Å²) in [5, 5.41) is 6.06. The van der Waals surface area contributed by atoms with Gasteiger partial charge in [0, 0.05) is 13.7 Å². The van der Waals surface area contributed by atoms with Crippen molar-refractivity contribution in [3.63, 3.8) is 0 Å². The number of carbonyl (C=O) groups excluding carboxylic acids is 1. The molecule has 0 aromatic rings. The van der Waals surface area contributed by atoms with Crippen LogP contribution >= 0.6 is 0 Å². The second kappa shape index (κ2) is 5.69. The number of carbonyl (C=O) groups is 1. The molecule has 1 rings (SSSR count). The maximum Gasteiger partial charge on any atom is 0.407 e. The van der Waals surface area contributed by atoms with Crippen molar-refractivity contribution in [2.24, 2.45) is 0 Å². The van der Waals surface area contributed by atoms with Crippen LogP contribution < -0.4 is 10.6 Å². The molecule has 0 atom stereocenters. The molecule has 1 fully saturated rings. The third-order valence-corrected chi connectivity index (χ3v) is 2.90. The summed E-state index contributed by atoms with van der Waals surface area (Å²) < 4.78 is 10.7. The fraction of sp³-hybridized carbons (Fsp3) is 0.917. The molecule has 100 valence electrons. The smallest absolute Gasteiger partial charge is 0.407 e. The molecule has 1 saturated heterocycles. The number of amides is 1. The Balaban J connectivity index is 2.39. The highest BCUT2D eigenvalue weighted by atomic mass is 16.6. The Kier molecular flexibility index (Phi) is 4.77. The molecule has 2 N–H and O–H groups in total. The van der Waals surface area contributed by atoms with Crippen LogP contribution in [0.3, 0.4) is 0 Å². The fourth-order valence-electron chi connectivity index (χ4n) is 1.88. The largest absolute Gasteiger partial charge is 0.444 e. The molecule has 0 radical (unpaired) electrons. The van der Waals surface area contributed by atoms with Gasteiger partial charge in [-0.2, -0.15) is 0 Å². The zero-order chi connectivity index (χ0) is 12.9. The summed E-state index contributed by atoms with van der Waals surface area (Å²) >= 11 is 0. The second-order valence-electron chi connectivity index (χ2n) is 5.49. The molecular weight excluding hydrogens is 220 g/mol. The number of hydrogen-bond acceptors (Lipinski definition) is 4. The number of nitrogens with one attached hydrogen (secondary N) is 2. The summed E-state index contributed by atoms with van der Waals surface area (Å²) in [7, 11) is 1.70. The minimum atomic E-state index is -0.460. The third kappa shape index (κ3) is 4.91. The summed E-state index contributed by atoms with van der Waals surface area (Å²) in [4.78, 5) is 11.6. The van der Waals surface area contributed by atoms with E-state index in [-0.39, 0.29) is 11.7 Å². The van der Waals surface area contributed by atoms with E-state index in [0.29, 0.717) is 6.54 Å². The van der Waals surface area contributed by atoms with Crippen LogP contribution in [0.25, 0.3) is 0 Å². The molecule has 0 aliphatic carbocycles. The molecule has 5 nitrogen and oxygen atoms in total. The Bertz CT molecular complexity index is 255. The van der Waals surface area contributed by atoms with E-state index in [1.165, 1.54) is 0 Å². The van der Waals surface area contributed by atoms with Crippen molar-refractivity contribution in [3.05, 3.63) is 0 Å². The van der Waals surface area contributed by atoms with E-state index >= 15 is 0 Å². The van der Waals surface area contributed by atoms with Crippen LogP contribution in [0.4, 0.5) is 4.79 Å². The van der Waals surface area contributed by atoms with E-state index in [1.807, 2.05) is 20.8 Å². The predicted molar refractivity (Wildman–Crippen MR) is 66.1 cm³/mol. The molecule has 0 aromatic heterocycles. The quantitative estimate of drug-likeness (QED) is 0.785. The van der Waals surface area contributed by atoms with Gasteiger partial charge in [-0.25, -0.2) is 4.79 Å². The summed E-state index contributed by atoms with van der Waals surface area (Å²) in [6.45, 7) is 7.89. The van der Waals surface area contributed by atoms with Crippen molar-refractivity contribution in [1.82, 2.24) is 10.6 Å². The Morgan fingerprint density at radius 3 is 2.41 bits per heavy atom. The Hall–Kier alpha value is -0.810. The maximum absolute atomic E-state index is 11.6. The number of hydrogen-bond donors (Lipinski definition) is 2. The molecule has 5 heteroatoms. The molecule has 1 heterocycles. The minimum Gasteiger partial charge on any atom is -0.444 e. The van der Waals surface area contributed by atoms with Crippen LogP contribution in [0.15, 0.2) is 0 Å². The number of rotatable bonds is 3. The summed E-state index contributed by atoms with van der Waals surface area (Å²) in [6, 6.07) is 0. The first-order valence-electron chi connectivity index (χ1n) is 6.10. The van der Waals surface area contributed by atoms with Crippen molar-refractivity contribution in [2.75, 3.05) is 26.7 Å². The van der Waals surface area contributed by atoms with Crippen molar-refractivity contribution in [3.8, 4) is 0 Å². The van der Waals surface area contributed by atoms with Crippen molar-refractivity contribution in [2.45, 2.75) is 44.8 Å². The Labute approximate surface area is 103 Å². The number of ether oxygens (including phenoxy) is 2. The van der Waals surface area contributed by atoms with Crippen LogP contribution in [-0.4, -0.2) is 44.0 Å². The zero-order valence-electron chi connectivity index (χ0n) is 11.3. The van der Waals surface area contributed by atoms with E-state index in [4.69, 9.17) is 9.47 Å². The lowest BCUT2D eigenvalue weighted by molar-refractivity contribution is -0.0345. The molecular formula is C12H24N2O3. The van der Waals surface area contributed by atoms with E-state index in [1.54, 1.807) is 7.11 Å². The highest BCUT2D eigenvalue weighted by Gasteiger charge is 2.32. The van der Waals surface area contributed by atoms with Gasteiger partial charge in [-0.05, 0) is 46.7 Å². The third-order valence-electron chi connectivity index (χ3n) is 2.90. The first-order chi connectivity index (χ1) is 7.87. The molecule has 1 amide bonds. The van der Waals surface area contributed by atoms with Gasteiger partial charge in [0.25, 0.3) is 0 Å². The monoisotopic (exact) mass is 244 g/mol. The van der Waals surface area contributed by atoms with Gasteiger partial charge in [-0.1, -0.05) is 0 Å². The van der Waals surface area contributed by atoms with Crippen LogP contribution in [0, 0.1) is 0 Å². The standard InChI is InChI=1S/C12H24N2O3/c1-11(2,3)17-10(15)14-9-12(16-4)5-7-13-8-6-12/h13H,5-9H2,1-4H3,(H,14,15). The zero-order valence-corrected chi connectivity index (χ0v) is 11.3. The van der Waals surface area contributed by atoms with E-state index < -0.39 is 5.60 Å². The highest BCUT2D eigenvalue weighted by Crippen LogP contribution is 2.21. The first-order valence-corrected chi connectivity index (χ1v) is 6.10. The van der Waals surface area contributed by atoms with E-state index in [0.717, 1.165) is 25.9 Å². The van der Waals surface area contributed by atoms with Gasteiger partial charge in [0.1, 0.15) is 5.60 Å². The summed E-state index contributed by atoms with van der Waals surface area (Å²) in [6.07, 6.45) is 1.42. The van der Waals surface area contributed by atoms with Crippen LogP contribution in [0.1, 0.15) is 33.6 Å². The minimum absolute atomic E-state index is 0.248. The van der Waals surface area contributed by atoms with Crippen LogP contribution in [0.5, 0.6) is 0 Å². The molecule has 17 heavy (non-hydrogen) atoms. The summed E-state index contributed by atoms with van der Waals surface area (Å²) in [5.74, 6) is 0. The SMILES string of the molecule is COC1(CNC(=O)OC(C)(C)C)CCNCC1. The molecule has 0 aromatic carbocycles. The van der Waals surface area contributed by atoms with E-state index in [9.17, 15) is 4.79 Å². The van der Waals surface area contributed by atoms with Gasteiger partial charge in [-0.3, -0.25) is 0 Å². The lowest BCUT2D eigenvalue weighted by atomic mass is 9.92. The molecule has 1 aliphatic heterocycles. The van der Waals surface area contributed by atoms with Gasteiger partial charge in [-0.15, -0.1) is 0 Å². The Morgan fingerprint density at radius 1 is 1.35 bits per heavy atom. The number of alkyl carbamates (subject to hydrolysis) is 1. The maximum atomic E-state index is 11.6. The van der Waals surface area contributed by atoms with Gasteiger partial charge in [0.2, 0.25) is 0 Å². The van der Waals surface area contributed by atoms with Crippen LogP contribution in [-0.2, 0) is 9.47 Å². The normalized spacial score (nSPS) is 19.8. The average molecular weight is 244 g/mol. The van der Waals surface area contributed by atoms with Crippen molar-refractivity contribution < 1.29 is 14.3 Å². The average Bonchev–Trinajstić information content (AvgIpc) is 2.25. The number of piperidine rings is 1.